The van der Waals surface area contributed by atoms with E-state index < -0.39 is 6.10 Å². The predicted molar refractivity (Wildman–Crippen MR) is 139 cm³/mol. The van der Waals surface area contributed by atoms with Crippen LogP contribution < -0.4 is 5.32 Å². The van der Waals surface area contributed by atoms with Crippen LogP contribution in [-0.4, -0.2) is 37.7 Å². The van der Waals surface area contributed by atoms with Crippen molar-refractivity contribution in [3.8, 4) is 11.3 Å². The molecule has 6 unspecified atom stereocenters. The minimum atomic E-state index is -0.570. The number of carbonyl (C=O) groups is 1. The summed E-state index contributed by atoms with van der Waals surface area (Å²) in [5.41, 5.74) is 3.18. The van der Waals surface area contributed by atoms with Gasteiger partial charge in [-0.15, -0.1) is 0 Å². The van der Waals surface area contributed by atoms with E-state index in [2.05, 4.69) is 22.2 Å². The van der Waals surface area contributed by atoms with Crippen LogP contribution in [0.4, 0.5) is 4.39 Å². The standard InChI is InChI=1S/C30H35FN4O2/c1-2-30(27(36)14-25-29-22(4-3-5-23(29)31)26-17-33-18-35(25)26)15-20-6-7-24(21(12-20)16-30)34-28(37)13-19-8-10-32-11-9-19/h3-5,8-11,17-18,20-21,24-25,27,36H,2,6-7,12-16H2,1H3,(H,34,37). The molecule has 0 radical (unpaired) electrons. The summed E-state index contributed by atoms with van der Waals surface area (Å²) in [6.45, 7) is 2.17. The fourth-order valence-electron chi connectivity index (χ4n) is 7.58. The van der Waals surface area contributed by atoms with Crippen molar-refractivity contribution < 1.29 is 14.3 Å². The number of nitrogens with one attached hydrogen (secondary N) is 1. The topological polar surface area (TPSA) is 80.0 Å². The van der Waals surface area contributed by atoms with Crippen LogP contribution in [0.3, 0.4) is 0 Å². The molecule has 2 N–H and O–H groups in total. The quantitative estimate of drug-likeness (QED) is 0.473. The van der Waals surface area contributed by atoms with Crippen LogP contribution in [0.25, 0.3) is 11.3 Å². The van der Waals surface area contributed by atoms with E-state index >= 15 is 4.39 Å². The number of nitrogens with zero attached hydrogens (tertiary/aromatic N) is 3. The van der Waals surface area contributed by atoms with E-state index in [1.807, 2.05) is 22.8 Å². The van der Waals surface area contributed by atoms with Gasteiger partial charge in [0.05, 0.1) is 36.8 Å². The van der Waals surface area contributed by atoms with Gasteiger partial charge in [-0.2, -0.15) is 0 Å². The largest absolute Gasteiger partial charge is 0.392 e. The second-order valence-corrected chi connectivity index (χ2v) is 11.4. The minimum Gasteiger partial charge on any atom is -0.392 e. The molecule has 3 heterocycles. The number of hydrogen-bond acceptors (Lipinski definition) is 4. The maximum absolute atomic E-state index is 15.0. The van der Waals surface area contributed by atoms with Crippen molar-refractivity contribution in [3.05, 3.63) is 72.2 Å². The number of aliphatic hydroxyl groups is 1. The van der Waals surface area contributed by atoms with Gasteiger partial charge >= 0.3 is 0 Å². The summed E-state index contributed by atoms with van der Waals surface area (Å²) >= 11 is 0. The maximum Gasteiger partial charge on any atom is 0.224 e. The lowest BCUT2D eigenvalue weighted by Crippen LogP contribution is -2.52. The Morgan fingerprint density at radius 1 is 1.22 bits per heavy atom. The first-order valence-corrected chi connectivity index (χ1v) is 13.6. The molecule has 1 aliphatic heterocycles. The molecule has 2 aromatic heterocycles. The molecule has 2 aliphatic carbocycles. The van der Waals surface area contributed by atoms with Crippen LogP contribution in [-0.2, 0) is 11.2 Å². The number of rotatable bonds is 7. The van der Waals surface area contributed by atoms with Crippen molar-refractivity contribution in [1.29, 1.82) is 0 Å². The van der Waals surface area contributed by atoms with E-state index in [9.17, 15) is 9.90 Å². The SMILES string of the molecule is CCC1(C(O)CC2c3c(F)cccc3-c3cncn32)CC2CCC(NC(=O)Cc3ccncc3)C(C2)C1. The zero-order chi connectivity index (χ0) is 25.6. The Hall–Kier alpha value is -3.06. The lowest BCUT2D eigenvalue weighted by atomic mass is 9.56. The molecule has 2 fully saturated rings. The molecule has 2 bridgehead atoms. The highest BCUT2D eigenvalue weighted by Crippen LogP contribution is 2.54. The summed E-state index contributed by atoms with van der Waals surface area (Å²) in [7, 11) is 0. The van der Waals surface area contributed by atoms with Crippen LogP contribution in [0.5, 0.6) is 0 Å². The molecule has 6 nitrogen and oxygen atoms in total. The number of halogens is 1. The Balaban J connectivity index is 1.19. The first-order chi connectivity index (χ1) is 18.0. The average molecular weight is 503 g/mol. The lowest BCUT2D eigenvalue weighted by molar-refractivity contribution is -0.123. The van der Waals surface area contributed by atoms with Crippen LogP contribution in [0.15, 0.2) is 55.2 Å². The highest BCUT2D eigenvalue weighted by Gasteiger charge is 2.49. The summed E-state index contributed by atoms with van der Waals surface area (Å²) in [5, 5.41) is 15.2. The molecule has 7 heteroatoms. The van der Waals surface area contributed by atoms with E-state index in [0.29, 0.717) is 30.2 Å². The summed E-state index contributed by atoms with van der Waals surface area (Å²) in [6, 6.07) is 8.83. The second-order valence-electron chi connectivity index (χ2n) is 11.4. The second kappa shape index (κ2) is 9.67. The fraction of sp³-hybridized carbons (Fsp3) is 0.500. The molecule has 0 saturated heterocycles. The van der Waals surface area contributed by atoms with E-state index in [0.717, 1.165) is 55.3 Å². The fourth-order valence-corrected chi connectivity index (χ4v) is 7.58. The Morgan fingerprint density at radius 3 is 2.86 bits per heavy atom. The first kappa shape index (κ1) is 24.3. The number of amides is 1. The number of imidazole rings is 1. The number of aliphatic hydroxyl groups excluding tert-OH is 1. The van der Waals surface area contributed by atoms with Gasteiger partial charge in [-0.3, -0.25) is 9.78 Å². The molecular weight excluding hydrogens is 467 g/mol. The van der Waals surface area contributed by atoms with Gasteiger partial charge in [-0.05, 0) is 86.0 Å². The summed E-state index contributed by atoms with van der Waals surface area (Å²) in [6.07, 6.45) is 13.1. The van der Waals surface area contributed by atoms with E-state index in [4.69, 9.17) is 0 Å². The van der Waals surface area contributed by atoms with Crippen molar-refractivity contribution >= 4 is 5.91 Å². The normalized spacial score (nSPS) is 28.8. The van der Waals surface area contributed by atoms with Crippen LogP contribution in [0.2, 0.25) is 0 Å². The Morgan fingerprint density at radius 2 is 2.05 bits per heavy atom. The number of fused-ring (bicyclic) bond motifs is 5. The number of carbonyl (C=O) groups excluding carboxylic acids is 1. The van der Waals surface area contributed by atoms with Gasteiger partial charge in [0, 0.05) is 29.6 Å². The molecular formula is C30H35FN4O2. The summed E-state index contributed by atoms with van der Waals surface area (Å²) < 4.78 is 17.0. The zero-order valence-electron chi connectivity index (χ0n) is 21.3. The number of pyridine rings is 1. The van der Waals surface area contributed by atoms with Crippen molar-refractivity contribution in [2.24, 2.45) is 17.3 Å². The number of aromatic nitrogens is 3. The summed E-state index contributed by atoms with van der Waals surface area (Å²) in [5.74, 6) is 0.730. The first-order valence-electron chi connectivity index (χ1n) is 13.6. The number of hydrogen-bond donors (Lipinski definition) is 2. The summed E-state index contributed by atoms with van der Waals surface area (Å²) in [4.78, 5) is 21.2. The highest BCUT2D eigenvalue weighted by molar-refractivity contribution is 5.78. The van der Waals surface area contributed by atoms with E-state index in [-0.39, 0.29) is 29.2 Å². The van der Waals surface area contributed by atoms with Gasteiger partial charge in [-0.1, -0.05) is 19.1 Å². The molecule has 2 saturated carbocycles. The van der Waals surface area contributed by atoms with Crippen LogP contribution in [0, 0.1) is 23.1 Å². The monoisotopic (exact) mass is 502 g/mol. The molecule has 1 aromatic carbocycles. The maximum atomic E-state index is 15.0. The van der Waals surface area contributed by atoms with Crippen molar-refractivity contribution in [1.82, 2.24) is 19.9 Å². The van der Waals surface area contributed by atoms with E-state index in [1.54, 1.807) is 31.0 Å². The van der Waals surface area contributed by atoms with Gasteiger partial charge in [0.2, 0.25) is 5.91 Å². The van der Waals surface area contributed by atoms with Gasteiger partial charge < -0.3 is 15.0 Å². The molecule has 37 heavy (non-hydrogen) atoms. The van der Waals surface area contributed by atoms with Crippen molar-refractivity contribution in [2.75, 3.05) is 0 Å². The third-order valence-corrected chi connectivity index (χ3v) is 9.44. The molecule has 0 spiro atoms. The Bertz CT molecular complexity index is 1280. The van der Waals surface area contributed by atoms with Crippen LogP contribution in [0.1, 0.15) is 69.0 Å². The molecule has 6 rings (SSSR count). The lowest BCUT2D eigenvalue weighted by Gasteiger charge is -2.52. The highest BCUT2D eigenvalue weighted by atomic mass is 19.1. The smallest absolute Gasteiger partial charge is 0.224 e. The zero-order valence-corrected chi connectivity index (χ0v) is 21.3. The van der Waals surface area contributed by atoms with Gasteiger partial charge in [0.15, 0.2) is 0 Å². The third-order valence-electron chi connectivity index (χ3n) is 9.44. The van der Waals surface area contributed by atoms with Crippen LogP contribution >= 0.6 is 0 Å². The van der Waals surface area contributed by atoms with E-state index in [1.165, 1.54) is 6.07 Å². The third kappa shape index (κ3) is 4.37. The number of benzene rings is 1. The molecule has 3 aliphatic rings. The predicted octanol–water partition coefficient (Wildman–Crippen LogP) is 5.07. The molecule has 3 aromatic rings. The van der Waals surface area contributed by atoms with Crippen molar-refractivity contribution in [2.45, 2.75) is 76.5 Å². The minimum absolute atomic E-state index is 0.0496. The van der Waals surface area contributed by atoms with Crippen molar-refractivity contribution in [3.63, 3.8) is 0 Å². The van der Waals surface area contributed by atoms with Gasteiger partial charge in [0.1, 0.15) is 5.82 Å². The Labute approximate surface area is 217 Å². The molecule has 6 atom stereocenters. The van der Waals surface area contributed by atoms with Gasteiger partial charge in [0.25, 0.3) is 0 Å². The van der Waals surface area contributed by atoms with Gasteiger partial charge in [-0.25, -0.2) is 9.37 Å². The Kier molecular flexibility index (Phi) is 6.35. The molecule has 1 amide bonds. The average Bonchev–Trinajstić information content (AvgIpc) is 3.49. The molecule has 194 valence electrons.